The summed E-state index contributed by atoms with van der Waals surface area (Å²) in [4.78, 5) is 35.6. The number of rotatable bonds is 6. The molecule has 0 bridgehead atoms. The van der Waals surface area contributed by atoms with Crippen LogP contribution in [-0.2, 0) is 28.9 Å². The molecule has 188 valence electrons. The van der Waals surface area contributed by atoms with Crippen LogP contribution in [0.3, 0.4) is 0 Å². The number of nitrogens with zero attached hydrogens (tertiary/aromatic N) is 3. The summed E-state index contributed by atoms with van der Waals surface area (Å²) < 4.78 is 16.3. The Morgan fingerprint density at radius 2 is 1.81 bits per heavy atom. The molecule has 8 heteroatoms. The zero-order valence-corrected chi connectivity index (χ0v) is 20.8. The monoisotopic (exact) mass is 489 g/mol. The number of amides is 2. The van der Waals surface area contributed by atoms with Crippen LogP contribution < -0.4 is 9.47 Å². The van der Waals surface area contributed by atoms with Gasteiger partial charge in [0.25, 0.3) is 5.91 Å². The fraction of sp³-hybridized carbons (Fsp3) is 0.393. The molecule has 0 radical (unpaired) electrons. The minimum atomic E-state index is -0.0106. The molecule has 2 amide bonds. The summed E-state index contributed by atoms with van der Waals surface area (Å²) in [6.45, 7) is 3.17. The molecule has 5 rings (SSSR count). The number of hydrogen-bond donors (Lipinski definition) is 0. The lowest BCUT2D eigenvalue weighted by atomic mass is 9.94. The smallest absolute Gasteiger partial charge is 0.255 e. The summed E-state index contributed by atoms with van der Waals surface area (Å²) in [5.74, 6) is 1.50. The molecule has 2 aromatic carbocycles. The Labute approximate surface area is 210 Å². The van der Waals surface area contributed by atoms with Gasteiger partial charge in [0, 0.05) is 55.7 Å². The molecule has 8 nitrogen and oxygen atoms in total. The number of hydrogen-bond acceptors (Lipinski definition) is 6. The van der Waals surface area contributed by atoms with Crippen LogP contribution in [0.2, 0.25) is 0 Å². The van der Waals surface area contributed by atoms with E-state index in [0.717, 1.165) is 39.2 Å². The van der Waals surface area contributed by atoms with Crippen LogP contribution in [0, 0.1) is 0 Å². The molecule has 0 atom stereocenters. The second kappa shape index (κ2) is 10.5. The molecule has 3 heterocycles. The summed E-state index contributed by atoms with van der Waals surface area (Å²) in [5.41, 5.74) is 4.19. The van der Waals surface area contributed by atoms with Gasteiger partial charge in [-0.2, -0.15) is 0 Å². The van der Waals surface area contributed by atoms with Gasteiger partial charge in [-0.1, -0.05) is 18.2 Å². The maximum atomic E-state index is 13.7. The van der Waals surface area contributed by atoms with Crippen molar-refractivity contribution in [1.82, 2.24) is 14.8 Å². The number of benzene rings is 2. The topological polar surface area (TPSA) is 81.2 Å². The van der Waals surface area contributed by atoms with Crippen molar-refractivity contribution in [2.45, 2.75) is 25.8 Å². The van der Waals surface area contributed by atoms with Crippen molar-refractivity contribution in [2.24, 2.45) is 0 Å². The van der Waals surface area contributed by atoms with E-state index in [1.54, 1.807) is 14.2 Å². The van der Waals surface area contributed by atoms with E-state index in [1.165, 1.54) is 0 Å². The number of para-hydroxylation sites is 1. The first-order valence-electron chi connectivity index (χ1n) is 12.3. The standard InChI is InChI=1S/C28H31N3O5/c1-34-20-8-9-25(35-2)19(17-20)7-10-26(32)31-12-11-24-22(18-31)27(21-5-3-4-6-23(21)29-24)28(33)30-13-15-36-16-14-30/h3-6,8-9,17H,7,10-16,18H2,1-2H3. The predicted octanol–water partition coefficient (Wildman–Crippen LogP) is 3.24. The molecule has 0 spiro atoms. The van der Waals surface area contributed by atoms with E-state index < -0.39 is 0 Å². The lowest BCUT2D eigenvalue weighted by molar-refractivity contribution is -0.132. The highest BCUT2D eigenvalue weighted by molar-refractivity contribution is 6.08. The summed E-state index contributed by atoms with van der Waals surface area (Å²) in [5, 5.41) is 0.836. The molecule has 0 unspecified atom stereocenters. The zero-order valence-electron chi connectivity index (χ0n) is 20.8. The number of aromatic nitrogens is 1. The molecular formula is C28H31N3O5. The molecular weight excluding hydrogens is 458 g/mol. The number of morpholine rings is 1. The van der Waals surface area contributed by atoms with E-state index in [9.17, 15) is 9.59 Å². The molecule has 2 aliphatic heterocycles. The van der Waals surface area contributed by atoms with Crippen molar-refractivity contribution in [2.75, 3.05) is 47.1 Å². The zero-order chi connectivity index (χ0) is 25.1. The summed E-state index contributed by atoms with van der Waals surface area (Å²) in [6, 6.07) is 13.4. The number of methoxy groups -OCH3 is 2. The van der Waals surface area contributed by atoms with Crippen molar-refractivity contribution < 1.29 is 23.8 Å². The van der Waals surface area contributed by atoms with E-state index >= 15 is 0 Å². The van der Waals surface area contributed by atoms with Crippen molar-refractivity contribution >= 4 is 22.7 Å². The Kier molecular flexibility index (Phi) is 7.04. The van der Waals surface area contributed by atoms with E-state index in [4.69, 9.17) is 19.2 Å². The minimum absolute atomic E-state index is 0.0106. The summed E-state index contributed by atoms with van der Waals surface area (Å²) >= 11 is 0. The van der Waals surface area contributed by atoms with E-state index in [0.29, 0.717) is 64.2 Å². The number of aryl methyl sites for hydroxylation is 1. The SMILES string of the molecule is COc1ccc(OC)c(CCC(=O)N2CCc3nc4ccccc4c(C(=O)N4CCOCC4)c3C2)c1. The fourth-order valence-corrected chi connectivity index (χ4v) is 5.05. The first-order valence-corrected chi connectivity index (χ1v) is 12.3. The lowest BCUT2D eigenvalue weighted by Crippen LogP contribution is -2.42. The highest BCUT2D eigenvalue weighted by atomic mass is 16.5. The normalized spacial score (nSPS) is 15.5. The van der Waals surface area contributed by atoms with Gasteiger partial charge in [0.15, 0.2) is 0 Å². The molecule has 1 saturated heterocycles. The molecule has 1 aromatic heterocycles. The van der Waals surface area contributed by atoms with Gasteiger partial charge < -0.3 is 24.0 Å². The largest absolute Gasteiger partial charge is 0.497 e. The van der Waals surface area contributed by atoms with E-state index in [2.05, 4.69) is 0 Å². The van der Waals surface area contributed by atoms with Crippen LogP contribution in [0.25, 0.3) is 10.9 Å². The molecule has 1 fully saturated rings. The Balaban J connectivity index is 1.40. The Hall–Kier alpha value is -3.65. The van der Waals surface area contributed by atoms with Crippen molar-refractivity contribution in [3.8, 4) is 11.5 Å². The molecule has 0 aliphatic carbocycles. The van der Waals surface area contributed by atoms with Crippen LogP contribution >= 0.6 is 0 Å². The first kappa shape index (κ1) is 24.1. The van der Waals surface area contributed by atoms with Gasteiger partial charge in [0.05, 0.1) is 38.5 Å². The first-order chi connectivity index (χ1) is 17.6. The van der Waals surface area contributed by atoms with Gasteiger partial charge in [-0.25, -0.2) is 0 Å². The van der Waals surface area contributed by atoms with Gasteiger partial charge in [0.2, 0.25) is 5.91 Å². The van der Waals surface area contributed by atoms with E-state index in [-0.39, 0.29) is 11.8 Å². The van der Waals surface area contributed by atoms with Crippen molar-refractivity contribution in [1.29, 1.82) is 0 Å². The van der Waals surface area contributed by atoms with E-state index in [1.807, 2.05) is 52.3 Å². The van der Waals surface area contributed by atoms with Gasteiger partial charge in [-0.3, -0.25) is 14.6 Å². The molecule has 0 saturated carbocycles. The second-order valence-corrected chi connectivity index (χ2v) is 9.08. The predicted molar refractivity (Wildman–Crippen MR) is 135 cm³/mol. The molecule has 0 N–H and O–H groups in total. The summed E-state index contributed by atoms with van der Waals surface area (Å²) in [6.07, 6.45) is 1.50. The average molecular weight is 490 g/mol. The average Bonchev–Trinajstić information content (AvgIpc) is 2.94. The quantitative estimate of drug-likeness (QED) is 0.529. The van der Waals surface area contributed by atoms with Crippen LogP contribution in [0.1, 0.15) is 33.6 Å². The van der Waals surface area contributed by atoms with Gasteiger partial charge >= 0.3 is 0 Å². The summed E-state index contributed by atoms with van der Waals surface area (Å²) in [7, 11) is 3.24. The Bertz CT molecular complexity index is 1290. The van der Waals surface area contributed by atoms with Crippen LogP contribution in [0.4, 0.5) is 0 Å². The Morgan fingerprint density at radius 3 is 2.58 bits per heavy atom. The van der Waals surface area contributed by atoms with Crippen LogP contribution in [-0.4, -0.2) is 73.7 Å². The van der Waals surface area contributed by atoms with Crippen molar-refractivity contribution in [3.05, 3.63) is 64.8 Å². The minimum Gasteiger partial charge on any atom is -0.497 e. The molecule has 3 aromatic rings. The van der Waals surface area contributed by atoms with Gasteiger partial charge in [0.1, 0.15) is 11.5 Å². The number of fused-ring (bicyclic) bond motifs is 2. The Morgan fingerprint density at radius 1 is 1.00 bits per heavy atom. The number of ether oxygens (including phenoxy) is 3. The number of pyridine rings is 1. The molecule has 2 aliphatic rings. The number of carbonyl (C=O) groups excluding carboxylic acids is 2. The van der Waals surface area contributed by atoms with Gasteiger partial charge in [-0.15, -0.1) is 0 Å². The third-order valence-electron chi connectivity index (χ3n) is 7.01. The second-order valence-electron chi connectivity index (χ2n) is 9.08. The highest BCUT2D eigenvalue weighted by Gasteiger charge is 2.30. The highest BCUT2D eigenvalue weighted by Crippen LogP contribution is 2.30. The molecule has 36 heavy (non-hydrogen) atoms. The third-order valence-corrected chi connectivity index (χ3v) is 7.01. The third kappa shape index (κ3) is 4.73. The van der Waals surface area contributed by atoms with Crippen molar-refractivity contribution in [3.63, 3.8) is 0 Å². The van der Waals surface area contributed by atoms with Crippen LogP contribution in [0.5, 0.6) is 11.5 Å². The maximum absolute atomic E-state index is 13.7. The number of carbonyl (C=O) groups is 2. The fourth-order valence-electron chi connectivity index (χ4n) is 5.05. The van der Waals surface area contributed by atoms with Gasteiger partial charge in [-0.05, 0) is 36.2 Å². The maximum Gasteiger partial charge on any atom is 0.255 e. The van der Waals surface area contributed by atoms with Crippen LogP contribution in [0.15, 0.2) is 42.5 Å². The lowest BCUT2D eigenvalue weighted by Gasteiger charge is -2.33.